The first-order valence-electron chi connectivity index (χ1n) is 7.16. The SMILES string of the molecule is CC(C)(C)OC(=O)N1CCC(COc2cnc(Cl)c(I)c2)C1. The average molecular weight is 439 g/mol. The summed E-state index contributed by atoms with van der Waals surface area (Å²) in [5.74, 6) is 1.00. The molecule has 2 rings (SSSR count). The van der Waals surface area contributed by atoms with E-state index in [1.165, 1.54) is 0 Å². The molecule has 22 heavy (non-hydrogen) atoms. The molecule has 0 bridgehead atoms. The Kier molecular flexibility index (Phi) is 5.76. The van der Waals surface area contributed by atoms with Gasteiger partial charge in [0, 0.05) is 19.0 Å². The van der Waals surface area contributed by atoms with E-state index in [2.05, 4.69) is 27.6 Å². The number of hydrogen-bond acceptors (Lipinski definition) is 4. The van der Waals surface area contributed by atoms with Crippen molar-refractivity contribution in [2.24, 2.45) is 5.92 Å². The standard InChI is InChI=1S/C15H20ClIN2O3/c1-15(2,3)22-14(20)19-5-4-10(8-19)9-21-11-6-12(17)13(16)18-7-11/h6-7,10H,4-5,8-9H2,1-3H3. The van der Waals surface area contributed by atoms with Crippen molar-refractivity contribution in [1.82, 2.24) is 9.88 Å². The second-order valence-corrected chi connectivity index (χ2v) is 7.86. The number of likely N-dealkylation sites (tertiary alicyclic amines) is 1. The van der Waals surface area contributed by atoms with Crippen LogP contribution in [0.5, 0.6) is 5.75 Å². The van der Waals surface area contributed by atoms with E-state index >= 15 is 0 Å². The molecule has 0 N–H and O–H groups in total. The molecule has 1 saturated heterocycles. The Bertz CT molecular complexity index is 548. The lowest BCUT2D eigenvalue weighted by Crippen LogP contribution is -2.35. The smallest absolute Gasteiger partial charge is 0.410 e. The Morgan fingerprint density at radius 3 is 2.91 bits per heavy atom. The molecule has 1 aromatic heterocycles. The van der Waals surface area contributed by atoms with E-state index in [1.807, 2.05) is 26.8 Å². The molecule has 1 aliphatic rings. The van der Waals surface area contributed by atoms with Gasteiger partial charge in [0.05, 0.1) is 16.4 Å². The minimum Gasteiger partial charge on any atom is -0.492 e. The van der Waals surface area contributed by atoms with E-state index in [9.17, 15) is 4.79 Å². The summed E-state index contributed by atoms with van der Waals surface area (Å²) in [7, 11) is 0. The topological polar surface area (TPSA) is 51.7 Å². The quantitative estimate of drug-likeness (QED) is 0.529. The fourth-order valence-corrected chi connectivity index (χ4v) is 2.71. The molecule has 5 nitrogen and oxygen atoms in total. The summed E-state index contributed by atoms with van der Waals surface area (Å²) in [5, 5.41) is 0.477. The normalized spacial score (nSPS) is 18.4. The Balaban J connectivity index is 1.81. The minimum atomic E-state index is -0.461. The number of nitrogens with zero attached hydrogens (tertiary/aromatic N) is 2. The number of halogens is 2. The van der Waals surface area contributed by atoms with E-state index in [4.69, 9.17) is 21.1 Å². The summed E-state index contributed by atoms with van der Waals surface area (Å²) in [6, 6.07) is 1.86. The van der Waals surface area contributed by atoms with Gasteiger partial charge in [0.1, 0.15) is 16.5 Å². The molecule has 0 radical (unpaired) electrons. The van der Waals surface area contributed by atoms with Gasteiger partial charge in [-0.3, -0.25) is 0 Å². The maximum Gasteiger partial charge on any atom is 0.410 e. The molecule has 122 valence electrons. The highest BCUT2D eigenvalue weighted by atomic mass is 127. The molecular formula is C15H20ClIN2O3. The third-order valence-electron chi connectivity index (χ3n) is 3.19. The summed E-state index contributed by atoms with van der Waals surface area (Å²) < 4.78 is 12.0. The van der Waals surface area contributed by atoms with E-state index in [0.717, 1.165) is 9.99 Å². The van der Waals surface area contributed by atoms with Crippen molar-refractivity contribution in [3.63, 3.8) is 0 Å². The number of pyridine rings is 1. The lowest BCUT2D eigenvalue weighted by Gasteiger charge is -2.24. The summed E-state index contributed by atoms with van der Waals surface area (Å²) in [4.78, 5) is 17.8. The van der Waals surface area contributed by atoms with E-state index in [0.29, 0.717) is 36.5 Å². The highest BCUT2D eigenvalue weighted by Crippen LogP contribution is 2.23. The van der Waals surface area contributed by atoms with Gasteiger partial charge < -0.3 is 14.4 Å². The molecule has 7 heteroatoms. The van der Waals surface area contributed by atoms with E-state index in [1.54, 1.807) is 11.1 Å². The van der Waals surface area contributed by atoms with Crippen LogP contribution in [0.2, 0.25) is 5.15 Å². The van der Waals surface area contributed by atoms with Crippen LogP contribution in [0.3, 0.4) is 0 Å². The predicted octanol–water partition coefficient (Wildman–Crippen LogP) is 3.98. The Morgan fingerprint density at radius 2 is 2.27 bits per heavy atom. The zero-order chi connectivity index (χ0) is 16.3. The maximum absolute atomic E-state index is 12.0. The molecule has 1 aromatic rings. The number of ether oxygens (including phenoxy) is 2. The number of carbonyl (C=O) groups is 1. The molecule has 2 heterocycles. The first-order chi connectivity index (χ1) is 10.2. The van der Waals surface area contributed by atoms with Crippen LogP contribution >= 0.6 is 34.2 Å². The first-order valence-corrected chi connectivity index (χ1v) is 8.62. The van der Waals surface area contributed by atoms with Crippen molar-refractivity contribution in [3.05, 3.63) is 21.0 Å². The van der Waals surface area contributed by atoms with Gasteiger partial charge in [-0.2, -0.15) is 0 Å². The van der Waals surface area contributed by atoms with Gasteiger partial charge in [-0.05, 0) is 55.8 Å². The van der Waals surface area contributed by atoms with Crippen molar-refractivity contribution >= 4 is 40.3 Å². The zero-order valence-corrected chi connectivity index (χ0v) is 15.8. The Morgan fingerprint density at radius 1 is 1.55 bits per heavy atom. The van der Waals surface area contributed by atoms with Gasteiger partial charge in [-0.25, -0.2) is 9.78 Å². The van der Waals surface area contributed by atoms with Crippen molar-refractivity contribution in [1.29, 1.82) is 0 Å². The summed E-state index contributed by atoms with van der Waals surface area (Å²) in [6.07, 6.45) is 2.28. The van der Waals surface area contributed by atoms with Crippen LogP contribution in [0.15, 0.2) is 12.3 Å². The van der Waals surface area contributed by atoms with Crippen molar-refractivity contribution < 1.29 is 14.3 Å². The van der Waals surface area contributed by atoms with Crippen LogP contribution in [-0.2, 0) is 4.74 Å². The third-order valence-corrected chi connectivity index (χ3v) is 4.64. The lowest BCUT2D eigenvalue weighted by molar-refractivity contribution is 0.0285. The van der Waals surface area contributed by atoms with Gasteiger partial charge in [0.25, 0.3) is 0 Å². The number of rotatable bonds is 3. The van der Waals surface area contributed by atoms with Crippen LogP contribution in [0.1, 0.15) is 27.2 Å². The molecule has 1 unspecified atom stereocenters. The van der Waals surface area contributed by atoms with E-state index < -0.39 is 5.60 Å². The number of hydrogen-bond donors (Lipinski definition) is 0. The number of aromatic nitrogens is 1. The molecule has 1 fully saturated rings. The lowest BCUT2D eigenvalue weighted by atomic mass is 10.1. The van der Waals surface area contributed by atoms with Crippen LogP contribution < -0.4 is 4.74 Å². The van der Waals surface area contributed by atoms with Gasteiger partial charge >= 0.3 is 6.09 Å². The van der Waals surface area contributed by atoms with Gasteiger partial charge in [-0.1, -0.05) is 11.6 Å². The molecule has 1 aliphatic heterocycles. The van der Waals surface area contributed by atoms with Crippen LogP contribution in [0.4, 0.5) is 4.79 Å². The first kappa shape index (κ1) is 17.6. The van der Waals surface area contributed by atoms with E-state index in [-0.39, 0.29) is 6.09 Å². The third kappa shape index (κ3) is 5.15. The highest BCUT2D eigenvalue weighted by molar-refractivity contribution is 14.1. The van der Waals surface area contributed by atoms with Crippen LogP contribution in [0, 0.1) is 9.49 Å². The zero-order valence-electron chi connectivity index (χ0n) is 12.9. The van der Waals surface area contributed by atoms with Gasteiger partial charge in [0.2, 0.25) is 0 Å². The van der Waals surface area contributed by atoms with Crippen molar-refractivity contribution in [2.75, 3.05) is 19.7 Å². The molecule has 0 aromatic carbocycles. The monoisotopic (exact) mass is 438 g/mol. The summed E-state index contributed by atoms with van der Waals surface area (Å²) >= 11 is 8.00. The maximum atomic E-state index is 12.0. The summed E-state index contributed by atoms with van der Waals surface area (Å²) in [6.45, 7) is 7.54. The Labute approximate surface area is 149 Å². The fourth-order valence-electron chi connectivity index (χ4n) is 2.16. The van der Waals surface area contributed by atoms with Crippen molar-refractivity contribution in [3.8, 4) is 5.75 Å². The Hall–Kier alpha value is -0.760. The highest BCUT2D eigenvalue weighted by Gasteiger charge is 2.30. The fraction of sp³-hybridized carbons (Fsp3) is 0.600. The molecule has 0 spiro atoms. The summed E-state index contributed by atoms with van der Waals surface area (Å²) in [5.41, 5.74) is -0.461. The molecule has 0 saturated carbocycles. The van der Waals surface area contributed by atoms with Crippen LogP contribution in [0.25, 0.3) is 0 Å². The number of amides is 1. The average Bonchev–Trinajstić information content (AvgIpc) is 2.87. The second kappa shape index (κ2) is 7.21. The number of carbonyl (C=O) groups excluding carboxylic acids is 1. The molecule has 0 aliphatic carbocycles. The molecule has 1 amide bonds. The minimum absolute atomic E-state index is 0.252. The predicted molar refractivity (Wildman–Crippen MR) is 93.4 cm³/mol. The van der Waals surface area contributed by atoms with Crippen molar-refractivity contribution in [2.45, 2.75) is 32.8 Å². The molecular weight excluding hydrogens is 419 g/mol. The van der Waals surface area contributed by atoms with Gasteiger partial charge in [-0.15, -0.1) is 0 Å². The molecule has 1 atom stereocenters. The van der Waals surface area contributed by atoms with Gasteiger partial charge in [0.15, 0.2) is 0 Å². The van der Waals surface area contributed by atoms with Crippen LogP contribution in [-0.4, -0.2) is 41.3 Å². The second-order valence-electron chi connectivity index (χ2n) is 6.34. The largest absolute Gasteiger partial charge is 0.492 e.